The van der Waals surface area contributed by atoms with Gasteiger partial charge in [-0.3, -0.25) is 4.79 Å². The highest BCUT2D eigenvalue weighted by atomic mass is 16.5. The number of hydrogen-bond donors (Lipinski definition) is 2. The van der Waals surface area contributed by atoms with E-state index >= 15 is 0 Å². The Kier molecular flexibility index (Phi) is 4.87. The van der Waals surface area contributed by atoms with Crippen molar-refractivity contribution in [2.75, 3.05) is 19.0 Å². The Morgan fingerprint density at radius 2 is 1.80 bits per heavy atom. The highest BCUT2D eigenvalue weighted by Gasteiger charge is 2.17. The van der Waals surface area contributed by atoms with Crippen molar-refractivity contribution in [2.24, 2.45) is 5.73 Å². The first kappa shape index (κ1) is 14.2. The van der Waals surface area contributed by atoms with E-state index in [1.54, 1.807) is 0 Å². The van der Waals surface area contributed by atoms with Crippen molar-refractivity contribution in [3.8, 4) is 11.1 Å². The molecule has 20 heavy (non-hydrogen) atoms. The van der Waals surface area contributed by atoms with Gasteiger partial charge in [-0.2, -0.15) is 0 Å². The zero-order valence-electron chi connectivity index (χ0n) is 11.4. The van der Waals surface area contributed by atoms with Crippen molar-refractivity contribution in [3.05, 3.63) is 54.6 Å². The number of nitrogens with one attached hydrogen (secondary N) is 1. The molecule has 2 aromatic carbocycles. The summed E-state index contributed by atoms with van der Waals surface area (Å²) in [4.78, 5) is 12.0. The number of carbonyl (C=O) groups excluding carboxylic acids is 1. The van der Waals surface area contributed by atoms with Crippen molar-refractivity contribution in [1.82, 2.24) is 0 Å². The van der Waals surface area contributed by atoms with Crippen molar-refractivity contribution in [3.63, 3.8) is 0 Å². The van der Waals surface area contributed by atoms with Gasteiger partial charge in [0.25, 0.3) is 5.91 Å². The summed E-state index contributed by atoms with van der Waals surface area (Å²) in [6, 6.07) is 17.5. The van der Waals surface area contributed by atoms with E-state index in [1.807, 2.05) is 54.6 Å². The predicted octanol–water partition coefficient (Wildman–Crippen LogP) is 2.27. The van der Waals surface area contributed by atoms with Crippen molar-refractivity contribution in [2.45, 2.75) is 6.10 Å². The first-order valence-corrected chi connectivity index (χ1v) is 6.44. The van der Waals surface area contributed by atoms with Gasteiger partial charge >= 0.3 is 0 Å². The molecular formula is C16H18N2O2. The topological polar surface area (TPSA) is 64.3 Å². The zero-order valence-corrected chi connectivity index (χ0v) is 11.4. The molecule has 0 saturated carbocycles. The Morgan fingerprint density at radius 1 is 1.15 bits per heavy atom. The third kappa shape index (κ3) is 3.23. The number of benzene rings is 2. The number of nitrogens with two attached hydrogens (primary N) is 1. The number of hydrogen-bond acceptors (Lipinski definition) is 3. The van der Waals surface area contributed by atoms with Crippen LogP contribution < -0.4 is 11.1 Å². The van der Waals surface area contributed by atoms with Crippen LogP contribution in [0.1, 0.15) is 0 Å². The number of anilines is 1. The SMILES string of the molecule is COC(CN)C(=O)Nc1ccccc1-c1ccccc1. The molecule has 0 aliphatic heterocycles. The summed E-state index contributed by atoms with van der Waals surface area (Å²) in [5.74, 6) is -0.238. The first-order chi connectivity index (χ1) is 9.76. The Balaban J connectivity index is 2.27. The number of methoxy groups -OCH3 is 1. The van der Waals surface area contributed by atoms with Gasteiger partial charge in [-0.15, -0.1) is 0 Å². The molecule has 0 heterocycles. The number of amides is 1. The normalized spacial score (nSPS) is 11.9. The highest BCUT2D eigenvalue weighted by Crippen LogP contribution is 2.27. The maximum Gasteiger partial charge on any atom is 0.254 e. The third-order valence-electron chi connectivity index (χ3n) is 3.06. The molecule has 0 spiro atoms. The van der Waals surface area contributed by atoms with E-state index in [1.165, 1.54) is 7.11 Å². The van der Waals surface area contributed by atoms with Gasteiger partial charge in [-0.1, -0.05) is 48.5 Å². The van der Waals surface area contributed by atoms with E-state index in [-0.39, 0.29) is 12.5 Å². The fraction of sp³-hybridized carbons (Fsp3) is 0.188. The average Bonchev–Trinajstić information content (AvgIpc) is 2.50. The third-order valence-corrected chi connectivity index (χ3v) is 3.06. The van der Waals surface area contributed by atoms with Gasteiger partial charge in [-0.25, -0.2) is 0 Å². The van der Waals surface area contributed by atoms with E-state index in [4.69, 9.17) is 10.5 Å². The Labute approximate surface area is 118 Å². The molecule has 0 bridgehead atoms. The smallest absolute Gasteiger partial charge is 0.254 e. The molecule has 3 N–H and O–H groups in total. The molecule has 0 saturated heterocycles. The van der Waals surface area contributed by atoms with Crippen molar-refractivity contribution >= 4 is 11.6 Å². The summed E-state index contributed by atoms with van der Waals surface area (Å²) >= 11 is 0. The van der Waals surface area contributed by atoms with Gasteiger partial charge in [-0.05, 0) is 11.6 Å². The molecule has 2 rings (SSSR count). The second-order valence-corrected chi connectivity index (χ2v) is 4.36. The summed E-state index contributed by atoms with van der Waals surface area (Å²) in [7, 11) is 1.47. The summed E-state index contributed by atoms with van der Waals surface area (Å²) < 4.78 is 5.04. The second kappa shape index (κ2) is 6.84. The van der Waals surface area contributed by atoms with Crippen LogP contribution in [-0.4, -0.2) is 25.7 Å². The molecule has 0 radical (unpaired) electrons. The lowest BCUT2D eigenvalue weighted by Gasteiger charge is -2.15. The molecular weight excluding hydrogens is 252 g/mol. The van der Waals surface area contributed by atoms with E-state index in [0.29, 0.717) is 0 Å². The Hall–Kier alpha value is -2.17. The summed E-state index contributed by atoms with van der Waals surface area (Å²) in [6.07, 6.45) is -0.640. The molecule has 0 aliphatic rings. The highest BCUT2D eigenvalue weighted by molar-refractivity contribution is 5.98. The minimum absolute atomic E-state index is 0.149. The minimum atomic E-state index is -0.640. The molecule has 4 nitrogen and oxygen atoms in total. The molecule has 4 heteroatoms. The minimum Gasteiger partial charge on any atom is -0.370 e. The first-order valence-electron chi connectivity index (χ1n) is 6.44. The van der Waals surface area contributed by atoms with E-state index in [9.17, 15) is 4.79 Å². The molecule has 0 fully saturated rings. The molecule has 1 amide bonds. The monoisotopic (exact) mass is 270 g/mol. The summed E-state index contributed by atoms with van der Waals surface area (Å²) in [6.45, 7) is 0.149. The van der Waals surface area contributed by atoms with Crippen LogP contribution in [-0.2, 0) is 9.53 Å². The molecule has 0 aromatic heterocycles. The van der Waals surface area contributed by atoms with Crippen LogP contribution in [0.3, 0.4) is 0 Å². The standard InChI is InChI=1S/C16H18N2O2/c1-20-15(11-17)16(19)18-14-10-6-5-9-13(14)12-7-3-2-4-8-12/h2-10,15H,11,17H2,1H3,(H,18,19). The fourth-order valence-corrected chi connectivity index (χ4v) is 1.99. The van der Waals surface area contributed by atoms with Crippen LogP contribution >= 0.6 is 0 Å². The summed E-state index contributed by atoms with van der Waals surface area (Å²) in [5.41, 5.74) is 8.26. The lowest BCUT2D eigenvalue weighted by atomic mass is 10.0. The van der Waals surface area contributed by atoms with Gasteiger partial charge in [0, 0.05) is 24.9 Å². The Morgan fingerprint density at radius 3 is 2.45 bits per heavy atom. The van der Waals surface area contributed by atoms with Gasteiger partial charge in [0.1, 0.15) is 6.10 Å². The largest absolute Gasteiger partial charge is 0.370 e. The number of rotatable bonds is 5. The van der Waals surface area contributed by atoms with Crippen LogP contribution in [0.5, 0.6) is 0 Å². The maximum absolute atomic E-state index is 12.0. The quantitative estimate of drug-likeness (QED) is 0.876. The van der Waals surface area contributed by atoms with E-state index in [2.05, 4.69) is 5.32 Å². The molecule has 2 aromatic rings. The predicted molar refractivity (Wildman–Crippen MR) is 80.4 cm³/mol. The fourth-order valence-electron chi connectivity index (χ4n) is 1.99. The zero-order chi connectivity index (χ0) is 14.4. The Bertz CT molecular complexity index is 566. The number of para-hydroxylation sites is 1. The van der Waals surface area contributed by atoms with Crippen LogP contribution in [0.15, 0.2) is 54.6 Å². The van der Waals surface area contributed by atoms with Crippen LogP contribution in [0.25, 0.3) is 11.1 Å². The van der Waals surface area contributed by atoms with Crippen LogP contribution in [0.2, 0.25) is 0 Å². The number of carbonyl (C=O) groups is 1. The second-order valence-electron chi connectivity index (χ2n) is 4.36. The van der Waals surface area contributed by atoms with Gasteiger partial charge in [0.05, 0.1) is 0 Å². The summed E-state index contributed by atoms with van der Waals surface area (Å²) in [5, 5.41) is 2.87. The molecule has 104 valence electrons. The van der Waals surface area contributed by atoms with Crippen LogP contribution in [0.4, 0.5) is 5.69 Å². The molecule has 1 unspecified atom stereocenters. The number of ether oxygens (including phenoxy) is 1. The van der Waals surface area contributed by atoms with Gasteiger partial charge in [0.15, 0.2) is 0 Å². The van der Waals surface area contributed by atoms with E-state index < -0.39 is 6.10 Å². The van der Waals surface area contributed by atoms with Crippen molar-refractivity contribution in [1.29, 1.82) is 0 Å². The van der Waals surface area contributed by atoms with Gasteiger partial charge in [0.2, 0.25) is 0 Å². The van der Waals surface area contributed by atoms with Crippen molar-refractivity contribution < 1.29 is 9.53 Å². The average molecular weight is 270 g/mol. The van der Waals surface area contributed by atoms with Crippen LogP contribution in [0, 0.1) is 0 Å². The van der Waals surface area contributed by atoms with Gasteiger partial charge < -0.3 is 15.8 Å². The maximum atomic E-state index is 12.0. The lowest BCUT2D eigenvalue weighted by molar-refractivity contribution is -0.125. The van der Waals surface area contributed by atoms with E-state index in [0.717, 1.165) is 16.8 Å². The molecule has 0 aliphatic carbocycles. The molecule has 1 atom stereocenters. The lowest BCUT2D eigenvalue weighted by Crippen LogP contribution is -2.36.